The maximum absolute atomic E-state index is 4.91. The van der Waals surface area contributed by atoms with E-state index in [1.165, 1.54) is 16.0 Å². The second kappa shape index (κ2) is 6.72. The van der Waals surface area contributed by atoms with Crippen LogP contribution in [0.5, 0.6) is 0 Å². The molecule has 26 heavy (non-hydrogen) atoms. The number of aromatic nitrogens is 2. The first kappa shape index (κ1) is 17.0. The lowest BCUT2D eigenvalue weighted by atomic mass is 10.0. The van der Waals surface area contributed by atoms with Crippen LogP contribution >= 0.6 is 11.3 Å². The molecule has 134 valence electrons. The van der Waals surface area contributed by atoms with Gasteiger partial charge in [-0.25, -0.2) is 4.98 Å². The number of para-hydroxylation sites is 1. The Morgan fingerprint density at radius 3 is 2.73 bits per heavy atom. The number of anilines is 3. The number of nitrogens with one attached hydrogen (secondary N) is 1. The molecule has 0 amide bonds. The zero-order valence-electron chi connectivity index (χ0n) is 15.7. The van der Waals surface area contributed by atoms with Crippen molar-refractivity contribution in [3.8, 4) is 0 Å². The number of aryl methyl sites for hydroxylation is 2. The Morgan fingerprint density at radius 2 is 1.92 bits per heavy atom. The molecule has 1 aromatic carbocycles. The van der Waals surface area contributed by atoms with E-state index in [9.17, 15) is 0 Å². The maximum Gasteiger partial charge on any atom is 0.228 e. The highest BCUT2D eigenvalue weighted by atomic mass is 32.1. The summed E-state index contributed by atoms with van der Waals surface area (Å²) >= 11 is 1.84. The van der Waals surface area contributed by atoms with Crippen molar-refractivity contribution in [1.29, 1.82) is 0 Å². The van der Waals surface area contributed by atoms with Gasteiger partial charge in [0.05, 0.1) is 6.04 Å². The van der Waals surface area contributed by atoms with E-state index in [1.807, 2.05) is 17.4 Å². The third-order valence-corrected chi connectivity index (χ3v) is 6.41. The quantitative estimate of drug-likeness (QED) is 0.682. The van der Waals surface area contributed by atoms with Crippen LogP contribution in [0.4, 0.5) is 17.5 Å². The molecule has 1 aliphatic heterocycles. The van der Waals surface area contributed by atoms with Crippen LogP contribution in [0.15, 0.2) is 35.7 Å². The lowest BCUT2D eigenvalue weighted by molar-refractivity contribution is 0.619. The van der Waals surface area contributed by atoms with E-state index in [0.717, 1.165) is 41.7 Å². The Morgan fingerprint density at radius 1 is 1.12 bits per heavy atom. The predicted octanol–water partition coefficient (Wildman–Crippen LogP) is 5.33. The van der Waals surface area contributed by atoms with Crippen molar-refractivity contribution in [2.24, 2.45) is 0 Å². The van der Waals surface area contributed by atoms with Gasteiger partial charge in [-0.3, -0.25) is 0 Å². The molecule has 0 bridgehead atoms. The second-order valence-electron chi connectivity index (χ2n) is 6.95. The molecule has 2 aromatic heterocycles. The van der Waals surface area contributed by atoms with E-state index < -0.39 is 0 Å². The molecule has 1 aliphatic rings. The molecule has 1 atom stereocenters. The number of fused-ring (bicyclic) bond motifs is 1. The number of nitrogens with zero attached hydrogens (tertiary/aromatic N) is 3. The smallest absolute Gasteiger partial charge is 0.228 e. The summed E-state index contributed by atoms with van der Waals surface area (Å²) in [4.78, 5) is 13.5. The molecule has 3 heterocycles. The third-order valence-electron chi connectivity index (χ3n) is 5.28. The van der Waals surface area contributed by atoms with Crippen molar-refractivity contribution in [2.75, 3.05) is 16.8 Å². The highest BCUT2D eigenvalue weighted by molar-refractivity contribution is 7.10. The van der Waals surface area contributed by atoms with Crippen LogP contribution in [0, 0.1) is 20.8 Å². The normalized spacial score (nSPS) is 16.5. The zero-order chi connectivity index (χ0) is 18.3. The van der Waals surface area contributed by atoms with E-state index in [2.05, 4.69) is 67.6 Å². The van der Waals surface area contributed by atoms with E-state index >= 15 is 0 Å². The van der Waals surface area contributed by atoms with Gasteiger partial charge in [-0.2, -0.15) is 4.98 Å². The van der Waals surface area contributed by atoms with Crippen LogP contribution in [0.25, 0.3) is 0 Å². The molecule has 0 saturated carbocycles. The average molecular weight is 365 g/mol. The van der Waals surface area contributed by atoms with Crippen LogP contribution in [0.1, 0.15) is 40.2 Å². The average Bonchev–Trinajstić information content (AvgIpc) is 3.11. The molecule has 1 unspecified atom stereocenters. The van der Waals surface area contributed by atoms with Crippen LogP contribution in [0.2, 0.25) is 0 Å². The van der Waals surface area contributed by atoms with Crippen molar-refractivity contribution >= 4 is 28.8 Å². The van der Waals surface area contributed by atoms with Crippen LogP contribution in [-0.2, 0) is 6.42 Å². The lowest BCUT2D eigenvalue weighted by Crippen LogP contribution is -2.34. The topological polar surface area (TPSA) is 41.1 Å². The number of thiophene rings is 1. The lowest BCUT2D eigenvalue weighted by Gasteiger charge is -2.34. The molecule has 0 spiro atoms. The first-order chi connectivity index (χ1) is 12.5. The van der Waals surface area contributed by atoms with E-state index in [4.69, 9.17) is 9.97 Å². The predicted molar refractivity (Wildman–Crippen MR) is 110 cm³/mol. The molecule has 5 heteroatoms. The van der Waals surface area contributed by atoms with Gasteiger partial charge < -0.3 is 10.2 Å². The van der Waals surface area contributed by atoms with E-state index in [1.54, 1.807) is 0 Å². The van der Waals surface area contributed by atoms with Crippen molar-refractivity contribution < 1.29 is 0 Å². The Balaban J connectivity index is 1.70. The summed E-state index contributed by atoms with van der Waals surface area (Å²) < 4.78 is 0. The molecule has 4 rings (SSSR count). The monoisotopic (exact) mass is 364 g/mol. The zero-order valence-corrected chi connectivity index (χ0v) is 16.5. The summed E-state index contributed by atoms with van der Waals surface area (Å²) in [6.45, 7) is 9.46. The summed E-state index contributed by atoms with van der Waals surface area (Å²) in [6.07, 6.45) is 1.06. The van der Waals surface area contributed by atoms with Gasteiger partial charge in [0.25, 0.3) is 0 Å². The van der Waals surface area contributed by atoms with Crippen molar-refractivity contribution in [1.82, 2.24) is 9.97 Å². The molecule has 0 fully saturated rings. The van der Waals surface area contributed by atoms with Crippen molar-refractivity contribution in [3.05, 3.63) is 63.0 Å². The molecule has 4 nitrogen and oxygen atoms in total. The summed E-state index contributed by atoms with van der Waals surface area (Å²) in [7, 11) is 0. The van der Waals surface area contributed by atoms with Gasteiger partial charge in [0, 0.05) is 28.4 Å². The molecule has 0 saturated heterocycles. The van der Waals surface area contributed by atoms with Crippen molar-refractivity contribution in [3.63, 3.8) is 0 Å². The van der Waals surface area contributed by atoms with Gasteiger partial charge in [-0.15, -0.1) is 11.3 Å². The standard InChI is InChI=1S/C21H24N4S/c1-13-7-5-6-8-18(13)23-20-14(2)15(3)22-21(24-20)25-11-9-17-10-12-26-19(17)16(25)4/h5-8,10,12,16H,9,11H2,1-4H3,(H,22,23,24). The Kier molecular flexibility index (Phi) is 4.41. The SMILES string of the molecule is Cc1ccccc1Nc1nc(N2CCc3ccsc3C2C)nc(C)c1C. The van der Waals surface area contributed by atoms with Gasteiger partial charge >= 0.3 is 0 Å². The highest BCUT2D eigenvalue weighted by Crippen LogP contribution is 2.36. The van der Waals surface area contributed by atoms with Gasteiger partial charge in [-0.05, 0) is 62.8 Å². The number of benzene rings is 1. The fraction of sp³-hybridized carbons (Fsp3) is 0.333. The van der Waals surface area contributed by atoms with Gasteiger partial charge in [-0.1, -0.05) is 18.2 Å². The van der Waals surface area contributed by atoms with E-state index in [0.29, 0.717) is 6.04 Å². The maximum atomic E-state index is 4.91. The second-order valence-corrected chi connectivity index (χ2v) is 7.90. The fourth-order valence-electron chi connectivity index (χ4n) is 3.47. The van der Waals surface area contributed by atoms with Crippen LogP contribution in [-0.4, -0.2) is 16.5 Å². The Hall–Kier alpha value is -2.40. The van der Waals surface area contributed by atoms with Gasteiger partial charge in [0.15, 0.2) is 0 Å². The molecule has 1 N–H and O–H groups in total. The third kappa shape index (κ3) is 2.97. The molecular weight excluding hydrogens is 340 g/mol. The van der Waals surface area contributed by atoms with Gasteiger partial charge in [0.1, 0.15) is 5.82 Å². The van der Waals surface area contributed by atoms with E-state index in [-0.39, 0.29) is 0 Å². The Bertz CT molecular complexity index is 947. The molecular formula is C21H24N4S. The first-order valence-electron chi connectivity index (χ1n) is 9.05. The number of rotatable bonds is 3. The minimum Gasteiger partial charge on any atom is -0.340 e. The summed E-state index contributed by atoms with van der Waals surface area (Å²) in [5.74, 6) is 1.71. The summed E-state index contributed by atoms with van der Waals surface area (Å²) in [5, 5.41) is 5.71. The molecule has 0 aliphatic carbocycles. The number of hydrogen-bond acceptors (Lipinski definition) is 5. The largest absolute Gasteiger partial charge is 0.340 e. The Labute approximate surface area is 158 Å². The summed E-state index contributed by atoms with van der Waals surface area (Å²) in [6, 6.07) is 10.9. The minimum atomic E-state index is 0.312. The fourth-order valence-corrected chi connectivity index (χ4v) is 4.50. The van der Waals surface area contributed by atoms with Gasteiger partial charge in [0.2, 0.25) is 5.95 Å². The molecule has 0 radical (unpaired) electrons. The van der Waals surface area contributed by atoms with Crippen LogP contribution in [0.3, 0.4) is 0 Å². The first-order valence-corrected chi connectivity index (χ1v) is 9.93. The highest BCUT2D eigenvalue weighted by Gasteiger charge is 2.27. The van der Waals surface area contributed by atoms with Crippen molar-refractivity contribution in [2.45, 2.75) is 40.2 Å². The summed E-state index contributed by atoms with van der Waals surface area (Å²) in [5.41, 5.74) is 5.89. The molecule has 3 aromatic rings. The number of hydrogen-bond donors (Lipinski definition) is 1. The minimum absolute atomic E-state index is 0.312. The van der Waals surface area contributed by atoms with Crippen LogP contribution < -0.4 is 10.2 Å².